The van der Waals surface area contributed by atoms with E-state index >= 15 is 0 Å². The first-order valence-electron chi connectivity index (χ1n) is 5.54. The van der Waals surface area contributed by atoms with E-state index < -0.39 is 6.04 Å². The molecule has 0 saturated heterocycles. The predicted octanol–water partition coefficient (Wildman–Crippen LogP) is 0.596. The van der Waals surface area contributed by atoms with E-state index in [1.807, 2.05) is 12.1 Å². The van der Waals surface area contributed by atoms with Gasteiger partial charge < -0.3 is 25.1 Å². The summed E-state index contributed by atoms with van der Waals surface area (Å²) in [5.41, 5.74) is 7.60. The summed E-state index contributed by atoms with van der Waals surface area (Å²) in [6.07, 6.45) is 0. The molecule has 0 radical (unpaired) electrons. The van der Waals surface area contributed by atoms with Crippen LogP contribution in [0.1, 0.15) is 17.2 Å². The van der Waals surface area contributed by atoms with Crippen molar-refractivity contribution in [2.75, 3.05) is 26.9 Å². The summed E-state index contributed by atoms with van der Waals surface area (Å²) < 4.78 is 16.1. The fourth-order valence-electron chi connectivity index (χ4n) is 1.87. The van der Waals surface area contributed by atoms with Gasteiger partial charge in [-0.05, 0) is 23.3 Å². The fourth-order valence-corrected chi connectivity index (χ4v) is 1.87. The molecule has 0 aromatic heterocycles. The monoisotopic (exact) mass is 239 g/mol. The smallest absolute Gasteiger partial charge is 0.161 e. The molecule has 1 unspecified atom stereocenters. The molecule has 0 amide bonds. The average molecular weight is 239 g/mol. The zero-order valence-corrected chi connectivity index (χ0v) is 9.81. The van der Waals surface area contributed by atoms with Crippen LogP contribution in [0.15, 0.2) is 12.1 Å². The molecule has 94 valence electrons. The third-order valence-corrected chi connectivity index (χ3v) is 2.70. The van der Waals surface area contributed by atoms with Crippen LogP contribution >= 0.6 is 0 Å². The molecule has 1 heterocycles. The Morgan fingerprint density at radius 2 is 2.00 bits per heavy atom. The van der Waals surface area contributed by atoms with Gasteiger partial charge in [0.2, 0.25) is 0 Å². The lowest BCUT2D eigenvalue weighted by molar-refractivity contribution is 0.166. The van der Waals surface area contributed by atoms with Gasteiger partial charge in [-0.15, -0.1) is 0 Å². The molecule has 17 heavy (non-hydrogen) atoms. The molecule has 1 aliphatic heterocycles. The van der Waals surface area contributed by atoms with Crippen molar-refractivity contribution in [1.82, 2.24) is 0 Å². The van der Waals surface area contributed by atoms with E-state index in [2.05, 4.69) is 0 Å². The van der Waals surface area contributed by atoms with E-state index in [0.717, 1.165) is 11.1 Å². The van der Waals surface area contributed by atoms with Crippen molar-refractivity contribution in [2.24, 2.45) is 5.73 Å². The predicted molar refractivity (Wildman–Crippen MR) is 62.2 cm³/mol. The summed E-state index contributed by atoms with van der Waals surface area (Å²) in [6.45, 7) is 1.39. The highest BCUT2D eigenvalue weighted by molar-refractivity contribution is 5.49. The zero-order valence-electron chi connectivity index (χ0n) is 9.81. The molecule has 0 fully saturated rings. The Morgan fingerprint density at radius 3 is 2.59 bits per heavy atom. The molecule has 1 aromatic rings. The van der Waals surface area contributed by atoms with Gasteiger partial charge in [-0.1, -0.05) is 0 Å². The molecule has 1 aromatic carbocycles. The Bertz CT molecular complexity index is 394. The summed E-state index contributed by atoms with van der Waals surface area (Å²) in [4.78, 5) is 0. The van der Waals surface area contributed by atoms with E-state index in [1.54, 1.807) is 7.11 Å². The minimum atomic E-state index is -0.434. The summed E-state index contributed by atoms with van der Waals surface area (Å²) in [6, 6.07) is 3.25. The summed E-state index contributed by atoms with van der Waals surface area (Å²) in [5, 5.41) is 9.15. The van der Waals surface area contributed by atoms with Gasteiger partial charge in [-0.2, -0.15) is 0 Å². The number of hydrogen-bond acceptors (Lipinski definition) is 5. The number of ether oxygens (including phenoxy) is 3. The van der Waals surface area contributed by atoms with E-state index in [0.29, 0.717) is 31.3 Å². The van der Waals surface area contributed by atoms with Crippen LogP contribution in [0.2, 0.25) is 0 Å². The van der Waals surface area contributed by atoms with Crippen LogP contribution in [0.3, 0.4) is 0 Å². The lowest BCUT2D eigenvalue weighted by Crippen LogP contribution is -2.20. The number of hydrogen-bond donors (Lipinski definition) is 2. The minimum absolute atomic E-state index is 0.115. The van der Waals surface area contributed by atoms with Crippen LogP contribution in [0.25, 0.3) is 0 Å². The van der Waals surface area contributed by atoms with Gasteiger partial charge in [0.15, 0.2) is 11.5 Å². The van der Waals surface area contributed by atoms with Crippen LogP contribution in [0, 0.1) is 0 Å². The molecule has 3 N–H and O–H groups in total. The molecule has 0 spiro atoms. The van der Waals surface area contributed by atoms with Gasteiger partial charge >= 0.3 is 0 Å². The second kappa shape index (κ2) is 5.35. The van der Waals surface area contributed by atoms with Crippen molar-refractivity contribution < 1.29 is 19.3 Å². The lowest BCUT2D eigenvalue weighted by atomic mass is 10.0. The lowest BCUT2D eigenvalue weighted by Gasteiger charge is -2.22. The van der Waals surface area contributed by atoms with Crippen molar-refractivity contribution in [3.05, 3.63) is 23.3 Å². The first-order chi connectivity index (χ1) is 8.26. The van der Waals surface area contributed by atoms with Crippen molar-refractivity contribution in [2.45, 2.75) is 12.6 Å². The van der Waals surface area contributed by atoms with E-state index in [1.165, 1.54) is 0 Å². The maximum atomic E-state index is 9.15. The zero-order chi connectivity index (χ0) is 12.3. The van der Waals surface area contributed by atoms with E-state index in [9.17, 15) is 0 Å². The normalized spacial score (nSPS) is 15.7. The third-order valence-electron chi connectivity index (χ3n) is 2.70. The highest BCUT2D eigenvalue weighted by atomic mass is 16.6. The topological polar surface area (TPSA) is 73.9 Å². The Hall–Kier alpha value is -1.30. The number of rotatable bonds is 4. The van der Waals surface area contributed by atoms with Gasteiger partial charge in [-0.3, -0.25) is 0 Å². The first kappa shape index (κ1) is 12.2. The van der Waals surface area contributed by atoms with Crippen molar-refractivity contribution >= 4 is 0 Å². The molecule has 0 aliphatic carbocycles. The van der Waals surface area contributed by atoms with Gasteiger partial charge in [-0.25, -0.2) is 0 Å². The minimum Gasteiger partial charge on any atom is -0.486 e. The van der Waals surface area contributed by atoms with Crippen LogP contribution in [-0.4, -0.2) is 32.0 Å². The number of aliphatic hydroxyl groups is 1. The molecular formula is C12H17NO4. The summed E-state index contributed by atoms with van der Waals surface area (Å²) in [7, 11) is 1.62. The number of fused-ring (bicyclic) bond motifs is 1. The Labute approximate surface area is 100 Å². The van der Waals surface area contributed by atoms with E-state index in [-0.39, 0.29) is 6.61 Å². The summed E-state index contributed by atoms with van der Waals surface area (Å²) in [5.74, 6) is 1.38. The fraction of sp³-hybridized carbons (Fsp3) is 0.500. The van der Waals surface area contributed by atoms with E-state index in [4.69, 9.17) is 25.1 Å². The summed E-state index contributed by atoms with van der Waals surface area (Å²) >= 11 is 0. The second-order valence-corrected chi connectivity index (χ2v) is 3.92. The van der Waals surface area contributed by atoms with Crippen LogP contribution in [-0.2, 0) is 11.3 Å². The van der Waals surface area contributed by atoms with Gasteiger partial charge in [0.1, 0.15) is 13.2 Å². The largest absolute Gasteiger partial charge is 0.486 e. The second-order valence-electron chi connectivity index (χ2n) is 3.92. The Balaban J connectivity index is 2.40. The van der Waals surface area contributed by atoms with Crippen LogP contribution in [0.5, 0.6) is 11.5 Å². The third kappa shape index (κ3) is 2.52. The molecule has 2 rings (SSSR count). The van der Waals surface area contributed by atoms with Gasteiger partial charge in [0.25, 0.3) is 0 Å². The van der Waals surface area contributed by atoms with Crippen molar-refractivity contribution in [3.63, 3.8) is 0 Å². The standard InChI is InChI=1S/C12H17NO4/c1-15-7-8-4-11-12(17-3-2-16-11)5-9(8)10(13)6-14/h4-5,10,14H,2-3,6-7,13H2,1H3. The quantitative estimate of drug-likeness (QED) is 0.804. The SMILES string of the molecule is COCc1cc2c(cc1C(N)CO)OCCO2. The average Bonchev–Trinajstić information content (AvgIpc) is 2.37. The van der Waals surface area contributed by atoms with Crippen LogP contribution in [0.4, 0.5) is 0 Å². The Kier molecular flexibility index (Phi) is 3.83. The highest BCUT2D eigenvalue weighted by Crippen LogP contribution is 2.35. The number of methoxy groups -OCH3 is 1. The molecule has 0 bridgehead atoms. The number of aliphatic hydroxyl groups excluding tert-OH is 1. The van der Waals surface area contributed by atoms with Crippen molar-refractivity contribution in [3.8, 4) is 11.5 Å². The first-order valence-corrected chi connectivity index (χ1v) is 5.54. The number of nitrogens with two attached hydrogens (primary N) is 1. The maximum absolute atomic E-state index is 9.15. The van der Waals surface area contributed by atoms with Crippen molar-refractivity contribution in [1.29, 1.82) is 0 Å². The Morgan fingerprint density at radius 1 is 1.35 bits per heavy atom. The molecule has 5 heteroatoms. The maximum Gasteiger partial charge on any atom is 0.161 e. The molecule has 0 saturated carbocycles. The molecule has 5 nitrogen and oxygen atoms in total. The molecule has 1 atom stereocenters. The molecule has 1 aliphatic rings. The van der Waals surface area contributed by atoms with Gasteiger partial charge in [0, 0.05) is 7.11 Å². The van der Waals surface area contributed by atoms with Gasteiger partial charge in [0.05, 0.1) is 19.3 Å². The molecular weight excluding hydrogens is 222 g/mol. The highest BCUT2D eigenvalue weighted by Gasteiger charge is 2.18. The van der Waals surface area contributed by atoms with Crippen LogP contribution < -0.4 is 15.2 Å². The number of benzene rings is 1.